The third-order valence-corrected chi connectivity index (χ3v) is 3.48. The molecule has 1 heterocycles. The third kappa shape index (κ3) is 5.36. The number of likely N-dealkylation sites (tertiary alicyclic amines) is 1. The number of carbonyl (C=O) groups excluding carboxylic acids is 1. The summed E-state index contributed by atoms with van der Waals surface area (Å²) in [5.41, 5.74) is 0.821. The van der Waals surface area contributed by atoms with E-state index in [2.05, 4.69) is 5.32 Å². The molecule has 1 N–H and O–H groups in total. The molecule has 116 valence electrons. The normalized spacial score (nSPS) is 18.5. The van der Waals surface area contributed by atoms with Gasteiger partial charge >= 0.3 is 6.03 Å². The van der Waals surface area contributed by atoms with Crippen molar-refractivity contribution in [2.24, 2.45) is 0 Å². The van der Waals surface area contributed by atoms with Crippen LogP contribution in [0.3, 0.4) is 0 Å². The number of ether oxygens (including phenoxy) is 2. The van der Waals surface area contributed by atoms with Crippen LogP contribution in [-0.4, -0.2) is 49.9 Å². The molecule has 5 heteroatoms. The molecule has 0 bridgehead atoms. The van der Waals surface area contributed by atoms with Crippen molar-refractivity contribution in [3.63, 3.8) is 0 Å². The summed E-state index contributed by atoms with van der Waals surface area (Å²) in [7, 11) is 0. The van der Waals surface area contributed by atoms with Gasteiger partial charge < -0.3 is 19.7 Å². The first-order chi connectivity index (χ1) is 10.3. The second kappa shape index (κ2) is 8.64. The van der Waals surface area contributed by atoms with Crippen molar-refractivity contribution in [1.29, 1.82) is 0 Å². The Bertz CT molecular complexity index is 425. The number of piperidine rings is 1. The fourth-order valence-electron chi connectivity index (χ4n) is 2.40. The first kappa shape index (κ1) is 15.8. The number of hydrogen-bond acceptors (Lipinski definition) is 3. The molecule has 1 aliphatic rings. The molecule has 0 unspecified atom stereocenters. The smallest absolute Gasteiger partial charge is 0.321 e. The lowest BCUT2D eigenvalue weighted by Gasteiger charge is -2.32. The van der Waals surface area contributed by atoms with Crippen LogP contribution in [0.15, 0.2) is 30.3 Å². The molecule has 1 saturated heterocycles. The van der Waals surface area contributed by atoms with Gasteiger partial charge in [-0.3, -0.25) is 0 Å². The lowest BCUT2D eigenvalue weighted by atomic mass is 10.1. The lowest BCUT2D eigenvalue weighted by molar-refractivity contribution is -0.0181. The van der Waals surface area contributed by atoms with E-state index >= 15 is 0 Å². The number of hydrogen-bond donors (Lipinski definition) is 1. The Labute approximate surface area is 126 Å². The molecule has 1 fully saturated rings. The van der Waals surface area contributed by atoms with E-state index in [1.807, 2.05) is 42.2 Å². The number of urea groups is 1. The summed E-state index contributed by atoms with van der Waals surface area (Å²) in [6.07, 6.45) is 2.09. The van der Waals surface area contributed by atoms with E-state index in [0.29, 0.717) is 26.4 Å². The Morgan fingerprint density at radius 3 is 2.90 bits per heavy atom. The summed E-state index contributed by atoms with van der Waals surface area (Å²) in [6, 6.07) is 9.46. The molecule has 1 aliphatic heterocycles. The Balaban J connectivity index is 1.76. The van der Waals surface area contributed by atoms with Crippen LogP contribution < -0.4 is 5.32 Å². The number of nitrogens with one attached hydrogen (secondary N) is 1. The standard InChI is InChI=1S/C16H24N2O3/c1-2-20-11-12-21-15-9-6-10-18(13-15)16(19)17-14-7-4-3-5-8-14/h3-5,7-8,15H,2,6,9-13H2,1H3,(H,17,19)/t15-/m0/s1. The zero-order valence-electron chi connectivity index (χ0n) is 12.6. The fourth-order valence-corrected chi connectivity index (χ4v) is 2.40. The molecule has 0 saturated carbocycles. The van der Waals surface area contributed by atoms with E-state index in [4.69, 9.17) is 9.47 Å². The number of amides is 2. The molecule has 1 aromatic rings. The first-order valence-electron chi connectivity index (χ1n) is 7.60. The average molecular weight is 292 g/mol. The second-order valence-electron chi connectivity index (χ2n) is 5.07. The quantitative estimate of drug-likeness (QED) is 0.820. The van der Waals surface area contributed by atoms with Gasteiger partial charge in [0, 0.05) is 25.4 Å². The Kier molecular flexibility index (Phi) is 6.50. The highest BCUT2D eigenvalue weighted by Gasteiger charge is 2.24. The van der Waals surface area contributed by atoms with Crippen LogP contribution in [0.4, 0.5) is 10.5 Å². The monoisotopic (exact) mass is 292 g/mol. The predicted octanol–water partition coefficient (Wildman–Crippen LogP) is 2.74. The van der Waals surface area contributed by atoms with Crippen molar-refractivity contribution in [2.75, 3.05) is 38.2 Å². The molecule has 21 heavy (non-hydrogen) atoms. The molecular formula is C16H24N2O3. The molecule has 2 rings (SSSR count). The fraction of sp³-hybridized carbons (Fsp3) is 0.562. The van der Waals surface area contributed by atoms with Gasteiger partial charge in [0.2, 0.25) is 0 Å². The summed E-state index contributed by atoms with van der Waals surface area (Å²) in [5.74, 6) is 0. The van der Waals surface area contributed by atoms with Crippen LogP contribution in [0, 0.1) is 0 Å². The van der Waals surface area contributed by atoms with Gasteiger partial charge in [-0.1, -0.05) is 18.2 Å². The van der Waals surface area contributed by atoms with Crippen molar-refractivity contribution >= 4 is 11.7 Å². The van der Waals surface area contributed by atoms with Crippen molar-refractivity contribution in [1.82, 2.24) is 4.90 Å². The highest BCUT2D eigenvalue weighted by atomic mass is 16.5. The molecule has 5 nitrogen and oxygen atoms in total. The number of para-hydroxylation sites is 1. The maximum Gasteiger partial charge on any atom is 0.321 e. The van der Waals surface area contributed by atoms with E-state index in [0.717, 1.165) is 25.1 Å². The Hall–Kier alpha value is -1.59. The Morgan fingerprint density at radius 1 is 1.33 bits per heavy atom. The van der Waals surface area contributed by atoms with Gasteiger partial charge in [0.15, 0.2) is 0 Å². The molecule has 0 radical (unpaired) electrons. The lowest BCUT2D eigenvalue weighted by Crippen LogP contribution is -2.45. The second-order valence-corrected chi connectivity index (χ2v) is 5.07. The molecule has 2 amide bonds. The van der Waals surface area contributed by atoms with Crippen molar-refractivity contribution in [2.45, 2.75) is 25.9 Å². The summed E-state index contributed by atoms with van der Waals surface area (Å²) < 4.78 is 11.0. The van der Waals surface area contributed by atoms with E-state index in [9.17, 15) is 4.79 Å². The van der Waals surface area contributed by atoms with Gasteiger partial charge in [0.1, 0.15) is 0 Å². The van der Waals surface area contributed by atoms with Crippen molar-refractivity contribution < 1.29 is 14.3 Å². The van der Waals surface area contributed by atoms with Gasteiger partial charge in [-0.15, -0.1) is 0 Å². The molecule has 1 atom stereocenters. The van der Waals surface area contributed by atoms with Gasteiger partial charge in [0.25, 0.3) is 0 Å². The first-order valence-corrected chi connectivity index (χ1v) is 7.60. The minimum Gasteiger partial charge on any atom is -0.379 e. The van der Waals surface area contributed by atoms with Crippen LogP contribution in [0.5, 0.6) is 0 Å². The van der Waals surface area contributed by atoms with E-state index in [-0.39, 0.29) is 12.1 Å². The van der Waals surface area contributed by atoms with Crippen molar-refractivity contribution in [3.8, 4) is 0 Å². The maximum atomic E-state index is 12.2. The molecular weight excluding hydrogens is 268 g/mol. The van der Waals surface area contributed by atoms with Gasteiger partial charge in [-0.05, 0) is 31.9 Å². The number of anilines is 1. The van der Waals surface area contributed by atoms with Crippen LogP contribution in [0.1, 0.15) is 19.8 Å². The van der Waals surface area contributed by atoms with Crippen LogP contribution >= 0.6 is 0 Å². The highest BCUT2D eigenvalue weighted by Crippen LogP contribution is 2.15. The summed E-state index contributed by atoms with van der Waals surface area (Å²) >= 11 is 0. The molecule has 1 aromatic carbocycles. The number of nitrogens with zero attached hydrogens (tertiary/aromatic N) is 1. The van der Waals surface area contributed by atoms with Gasteiger partial charge in [-0.2, -0.15) is 0 Å². The third-order valence-electron chi connectivity index (χ3n) is 3.48. The van der Waals surface area contributed by atoms with Crippen LogP contribution in [0.2, 0.25) is 0 Å². The average Bonchev–Trinajstić information content (AvgIpc) is 2.53. The number of carbonyl (C=O) groups is 1. The summed E-state index contributed by atoms with van der Waals surface area (Å²) in [4.78, 5) is 14.0. The van der Waals surface area contributed by atoms with Crippen LogP contribution in [0.25, 0.3) is 0 Å². The van der Waals surface area contributed by atoms with E-state index < -0.39 is 0 Å². The molecule has 0 aliphatic carbocycles. The number of benzene rings is 1. The Morgan fingerprint density at radius 2 is 2.14 bits per heavy atom. The van der Waals surface area contributed by atoms with E-state index in [1.165, 1.54) is 0 Å². The predicted molar refractivity (Wildman–Crippen MR) is 82.5 cm³/mol. The molecule has 0 aromatic heterocycles. The maximum absolute atomic E-state index is 12.2. The van der Waals surface area contributed by atoms with Gasteiger partial charge in [-0.25, -0.2) is 4.79 Å². The zero-order valence-corrected chi connectivity index (χ0v) is 12.6. The SMILES string of the molecule is CCOCCO[C@H]1CCCN(C(=O)Nc2ccccc2)C1. The zero-order chi connectivity index (χ0) is 14.9. The summed E-state index contributed by atoms with van der Waals surface area (Å²) in [5, 5.41) is 2.92. The van der Waals surface area contributed by atoms with Crippen LogP contribution in [-0.2, 0) is 9.47 Å². The minimum absolute atomic E-state index is 0.0562. The van der Waals surface area contributed by atoms with Gasteiger partial charge in [0.05, 0.1) is 19.3 Å². The minimum atomic E-state index is -0.0562. The van der Waals surface area contributed by atoms with E-state index in [1.54, 1.807) is 0 Å². The van der Waals surface area contributed by atoms with Crippen molar-refractivity contribution in [3.05, 3.63) is 30.3 Å². The topological polar surface area (TPSA) is 50.8 Å². The summed E-state index contributed by atoms with van der Waals surface area (Å²) in [6.45, 7) is 5.31. The molecule has 0 spiro atoms. The number of rotatable bonds is 6. The largest absolute Gasteiger partial charge is 0.379 e. The highest BCUT2D eigenvalue weighted by molar-refractivity contribution is 5.89.